The molecule has 2 amide bonds. The molecule has 7 heteroatoms. The second-order valence-electron chi connectivity index (χ2n) is 4.38. The number of carbonyl (C=O) groups is 3. The van der Waals surface area contributed by atoms with Gasteiger partial charge in [-0.15, -0.1) is 11.3 Å². The van der Waals surface area contributed by atoms with Crippen LogP contribution in [0.2, 0.25) is 0 Å². The van der Waals surface area contributed by atoms with E-state index >= 15 is 0 Å². The van der Waals surface area contributed by atoms with Gasteiger partial charge >= 0.3 is 5.97 Å². The minimum atomic E-state index is -1.09. The summed E-state index contributed by atoms with van der Waals surface area (Å²) in [6, 6.07) is 0.830. The number of nitrogens with one attached hydrogen (secondary N) is 2. The summed E-state index contributed by atoms with van der Waals surface area (Å²) in [6.45, 7) is 4.92. The molecular formula is C12H16N2O4S. The fourth-order valence-electron chi connectivity index (χ4n) is 1.54. The Morgan fingerprint density at radius 3 is 2.42 bits per heavy atom. The smallest absolute Gasteiger partial charge is 0.348 e. The molecule has 0 aromatic carbocycles. The van der Waals surface area contributed by atoms with Crippen LogP contribution < -0.4 is 10.6 Å². The van der Waals surface area contributed by atoms with Gasteiger partial charge in [0, 0.05) is 6.92 Å². The summed E-state index contributed by atoms with van der Waals surface area (Å²) in [6.07, 6.45) is 0. The maximum Gasteiger partial charge on any atom is 0.348 e. The van der Waals surface area contributed by atoms with Gasteiger partial charge in [-0.05, 0) is 17.4 Å². The highest BCUT2D eigenvalue weighted by molar-refractivity contribution is 7.12. The summed E-state index contributed by atoms with van der Waals surface area (Å²) < 4.78 is 0. The third-order valence-corrected chi connectivity index (χ3v) is 3.33. The van der Waals surface area contributed by atoms with E-state index in [1.807, 2.05) is 0 Å². The topological polar surface area (TPSA) is 95.5 Å². The van der Waals surface area contributed by atoms with E-state index < -0.39 is 17.9 Å². The summed E-state index contributed by atoms with van der Waals surface area (Å²) in [5.41, 5.74) is 0.249. The van der Waals surface area contributed by atoms with Crippen molar-refractivity contribution in [2.75, 3.05) is 5.32 Å². The zero-order chi connectivity index (χ0) is 14.6. The van der Waals surface area contributed by atoms with E-state index in [4.69, 9.17) is 5.11 Å². The Kier molecular flexibility index (Phi) is 5.05. The molecule has 0 saturated carbocycles. The highest BCUT2D eigenvalue weighted by atomic mass is 32.1. The van der Waals surface area contributed by atoms with Gasteiger partial charge in [-0.1, -0.05) is 13.8 Å². The van der Waals surface area contributed by atoms with Crippen LogP contribution in [0.5, 0.6) is 0 Å². The second kappa shape index (κ2) is 6.33. The molecule has 0 radical (unpaired) electrons. The molecule has 1 aromatic heterocycles. The van der Waals surface area contributed by atoms with Crippen molar-refractivity contribution in [3.05, 3.63) is 16.3 Å². The third-order valence-electron chi connectivity index (χ3n) is 2.43. The van der Waals surface area contributed by atoms with Crippen LogP contribution in [0.25, 0.3) is 0 Å². The van der Waals surface area contributed by atoms with Gasteiger partial charge in [0.25, 0.3) is 0 Å². The summed E-state index contributed by atoms with van der Waals surface area (Å²) in [5.74, 6) is -1.93. The monoisotopic (exact) mass is 284 g/mol. The normalized spacial score (nSPS) is 12.0. The van der Waals surface area contributed by atoms with Crippen LogP contribution >= 0.6 is 11.3 Å². The minimum absolute atomic E-state index is 0.0682. The number of carboxylic acids is 1. The molecule has 3 N–H and O–H groups in total. The number of aromatic carboxylic acids is 1. The number of hydrogen-bond donors (Lipinski definition) is 3. The molecular weight excluding hydrogens is 268 g/mol. The average Bonchev–Trinajstić information content (AvgIpc) is 2.73. The Morgan fingerprint density at radius 2 is 1.95 bits per heavy atom. The highest BCUT2D eigenvalue weighted by Crippen LogP contribution is 2.22. The molecule has 1 rings (SSSR count). The number of anilines is 1. The van der Waals surface area contributed by atoms with Gasteiger partial charge in [0.15, 0.2) is 0 Å². The SMILES string of the molecule is CC(=O)NC(C(=O)Nc1ccsc1C(=O)O)C(C)C. The molecule has 0 aliphatic heterocycles. The van der Waals surface area contributed by atoms with Crippen molar-refractivity contribution in [2.45, 2.75) is 26.8 Å². The van der Waals surface area contributed by atoms with Crippen LogP contribution in [0.1, 0.15) is 30.4 Å². The lowest BCUT2D eigenvalue weighted by atomic mass is 10.0. The molecule has 1 atom stereocenters. The lowest BCUT2D eigenvalue weighted by Gasteiger charge is -2.20. The van der Waals surface area contributed by atoms with Crippen LogP contribution in [0.4, 0.5) is 5.69 Å². The van der Waals surface area contributed by atoms with Crippen molar-refractivity contribution in [2.24, 2.45) is 5.92 Å². The lowest BCUT2D eigenvalue weighted by molar-refractivity contribution is -0.126. The second-order valence-corrected chi connectivity index (χ2v) is 5.30. The van der Waals surface area contributed by atoms with Crippen LogP contribution in [0.3, 0.4) is 0 Å². The molecule has 1 unspecified atom stereocenters. The summed E-state index contributed by atoms with van der Waals surface area (Å²) in [7, 11) is 0. The number of hydrogen-bond acceptors (Lipinski definition) is 4. The molecule has 19 heavy (non-hydrogen) atoms. The van der Waals surface area contributed by atoms with Gasteiger partial charge in [-0.25, -0.2) is 4.79 Å². The number of amides is 2. The fourth-order valence-corrected chi connectivity index (χ4v) is 2.22. The van der Waals surface area contributed by atoms with Crippen molar-refractivity contribution in [1.29, 1.82) is 0 Å². The Balaban J connectivity index is 2.84. The predicted molar refractivity (Wildman–Crippen MR) is 72.4 cm³/mol. The highest BCUT2D eigenvalue weighted by Gasteiger charge is 2.24. The molecule has 0 saturated heterocycles. The molecule has 0 bridgehead atoms. The van der Waals surface area contributed by atoms with Crippen LogP contribution in [0.15, 0.2) is 11.4 Å². The maximum absolute atomic E-state index is 12.0. The first kappa shape index (κ1) is 15.2. The predicted octanol–water partition coefficient (Wildman–Crippen LogP) is 1.55. The standard InChI is InChI=1S/C12H16N2O4S/c1-6(2)9(13-7(3)15)11(16)14-8-4-5-19-10(8)12(17)18/h4-6,9H,1-3H3,(H,13,15)(H,14,16)(H,17,18). The largest absolute Gasteiger partial charge is 0.477 e. The Labute approximate surface area is 114 Å². The van der Waals surface area contributed by atoms with Crippen molar-refractivity contribution >= 4 is 34.8 Å². The van der Waals surface area contributed by atoms with Crippen molar-refractivity contribution in [3.8, 4) is 0 Å². The molecule has 104 valence electrons. The van der Waals surface area contributed by atoms with Gasteiger partial charge in [-0.3, -0.25) is 9.59 Å². The number of thiophene rings is 1. The van der Waals surface area contributed by atoms with Crippen molar-refractivity contribution < 1.29 is 19.5 Å². The number of rotatable bonds is 5. The molecule has 1 heterocycles. The minimum Gasteiger partial charge on any atom is -0.477 e. The van der Waals surface area contributed by atoms with Crippen molar-refractivity contribution in [1.82, 2.24) is 5.32 Å². The maximum atomic E-state index is 12.0. The van der Waals surface area contributed by atoms with Crippen LogP contribution in [-0.4, -0.2) is 28.9 Å². The summed E-state index contributed by atoms with van der Waals surface area (Å²) in [4.78, 5) is 34.1. The zero-order valence-electron chi connectivity index (χ0n) is 10.9. The van der Waals surface area contributed by atoms with Gasteiger partial charge < -0.3 is 15.7 Å². The molecule has 6 nitrogen and oxygen atoms in total. The summed E-state index contributed by atoms with van der Waals surface area (Å²) >= 11 is 1.03. The van der Waals surface area contributed by atoms with Crippen LogP contribution in [-0.2, 0) is 9.59 Å². The lowest BCUT2D eigenvalue weighted by Crippen LogP contribution is -2.46. The Morgan fingerprint density at radius 1 is 1.32 bits per heavy atom. The quantitative estimate of drug-likeness (QED) is 0.764. The van der Waals surface area contributed by atoms with E-state index in [1.54, 1.807) is 19.2 Å². The average molecular weight is 284 g/mol. The van der Waals surface area contributed by atoms with E-state index in [0.29, 0.717) is 0 Å². The van der Waals surface area contributed by atoms with E-state index in [-0.39, 0.29) is 22.4 Å². The molecule has 0 aliphatic rings. The van der Waals surface area contributed by atoms with Crippen LogP contribution in [0, 0.1) is 5.92 Å². The first-order chi connectivity index (χ1) is 8.82. The van der Waals surface area contributed by atoms with E-state index in [1.165, 1.54) is 13.0 Å². The van der Waals surface area contributed by atoms with Gasteiger partial charge in [0.2, 0.25) is 11.8 Å². The number of carbonyl (C=O) groups excluding carboxylic acids is 2. The third kappa shape index (κ3) is 4.06. The molecule has 0 fully saturated rings. The van der Waals surface area contributed by atoms with E-state index in [9.17, 15) is 14.4 Å². The first-order valence-corrected chi connectivity index (χ1v) is 6.59. The molecule has 0 aliphatic carbocycles. The van der Waals surface area contributed by atoms with Gasteiger partial charge in [0.1, 0.15) is 10.9 Å². The molecule has 1 aromatic rings. The Bertz CT molecular complexity index is 496. The van der Waals surface area contributed by atoms with Crippen molar-refractivity contribution in [3.63, 3.8) is 0 Å². The fraction of sp³-hybridized carbons (Fsp3) is 0.417. The van der Waals surface area contributed by atoms with E-state index in [0.717, 1.165) is 11.3 Å². The van der Waals surface area contributed by atoms with Gasteiger partial charge in [0.05, 0.1) is 5.69 Å². The summed E-state index contributed by atoms with van der Waals surface area (Å²) in [5, 5.41) is 15.6. The van der Waals surface area contributed by atoms with E-state index in [2.05, 4.69) is 10.6 Å². The van der Waals surface area contributed by atoms with Gasteiger partial charge in [-0.2, -0.15) is 0 Å². The molecule has 0 spiro atoms. The zero-order valence-corrected chi connectivity index (χ0v) is 11.7. The first-order valence-electron chi connectivity index (χ1n) is 5.71. The Hall–Kier alpha value is -1.89. The number of carboxylic acid groups (broad SMARTS) is 1.